The highest BCUT2D eigenvalue weighted by atomic mass is 127. The first kappa shape index (κ1) is 22.4. The van der Waals surface area contributed by atoms with Crippen molar-refractivity contribution in [2.24, 2.45) is 0 Å². The molecular formula is C25H21IN2O3. The molecule has 0 atom stereocenters. The number of amides is 1. The second-order valence-corrected chi connectivity index (χ2v) is 7.78. The number of nitriles is 1. The van der Waals surface area contributed by atoms with E-state index >= 15 is 0 Å². The number of hydrogen-bond donors (Lipinski definition) is 1. The molecule has 0 heterocycles. The molecule has 0 bridgehead atoms. The number of hydrogen-bond acceptors (Lipinski definition) is 4. The van der Waals surface area contributed by atoms with Crippen molar-refractivity contribution in [1.29, 1.82) is 5.26 Å². The Balaban J connectivity index is 1.73. The van der Waals surface area contributed by atoms with Crippen LogP contribution in [0.5, 0.6) is 11.5 Å². The van der Waals surface area contributed by atoms with Crippen molar-refractivity contribution in [1.82, 2.24) is 0 Å². The molecule has 0 aromatic heterocycles. The predicted octanol–water partition coefficient (Wildman–Crippen LogP) is 5.81. The van der Waals surface area contributed by atoms with E-state index in [9.17, 15) is 10.1 Å². The van der Waals surface area contributed by atoms with Crippen LogP contribution in [0.1, 0.15) is 18.1 Å². The van der Waals surface area contributed by atoms with E-state index in [4.69, 9.17) is 9.47 Å². The van der Waals surface area contributed by atoms with Gasteiger partial charge in [-0.15, -0.1) is 0 Å². The van der Waals surface area contributed by atoms with Gasteiger partial charge in [-0.25, -0.2) is 0 Å². The van der Waals surface area contributed by atoms with Crippen molar-refractivity contribution >= 4 is 40.3 Å². The molecule has 5 nitrogen and oxygen atoms in total. The number of benzene rings is 3. The van der Waals surface area contributed by atoms with Gasteiger partial charge < -0.3 is 14.8 Å². The molecule has 0 spiro atoms. The van der Waals surface area contributed by atoms with Crippen molar-refractivity contribution in [2.75, 3.05) is 11.9 Å². The van der Waals surface area contributed by atoms with E-state index in [-0.39, 0.29) is 5.57 Å². The Hall–Kier alpha value is -3.31. The topological polar surface area (TPSA) is 71.3 Å². The van der Waals surface area contributed by atoms with E-state index in [1.165, 1.54) is 6.08 Å². The number of carbonyl (C=O) groups is 1. The fourth-order valence-electron chi connectivity index (χ4n) is 2.78. The van der Waals surface area contributed by atoms with Gasteiger partial charge in [0, 0.05) is 14.8 Å². The molecule has 3 aromatic rings. The van der Waals surface area contributed by atoms with Crippen molar-refractivity contribution in [3.8, 4) is 17.6 Å². The summed E-state index contributed by atoms with van der Waals surface area (Å²) in [5, 5.41) is 12.3. The SMILES string of the molecule is CCOc1ccc(NC(=O)C(C#N)=Cc2ccccc2OCc2ccc(I)cc2)cc1. The van der Waals surface area contributed by atoms with Crippen LogP contribution in [-0.2, 0) is 11.4 Å². The molecule has 3 rings (SSSR count). The standard InChI is InChI=1S/C25H21IN2O3/c1-2-30-23-13-11-22(12-14-23)28-25(29)20(16-27)15-19-5-3-4-6-24(19)31-17-18-7-9-21(26)10-8-18/h3-15H,2,17H2,1H3,(H,28,29). The summed E-state index contributed by atoms with van der Waals surface area (Å²) in [5.74, 6) is 0.831. The van der Waals surface area contributed by atoms with Gasteiger partial charge in [0.15, 0.2) is 0 Å². The molecular weight excluding hydrogens is 503 g/mol. The molecule has 0 aliphatic rings. The van der Waals surface area contributed by atoms with Crippen LogP contribution in [-0.4, -0.2) is 12.5 Å². The Morgan fingerprint density at radius 2 is 1.74 bits per heavy atom. The number of carbonyl (C=O) groups excluding carboxylic acids is 1. The molecule has 31 heavy (non-hydrogen) atoms. The second-order valence-electron chi connectivity index (χ2n) is 6.53. The van der Waals surface area contributed by atoms with E-state index in [2.05, 4.69) is 27.9 Å². The van der Waals surface area contributed by atoms with Gasteiger partial charge in [-0.1, -0.05) is 30.3 Å². The van der Waals surface area contributed by atoms with Gasteiger partial charge in [0.25, 0.3) is 5.91 Å². The van der Waals surface area contributed by atoms with Crippen LogP contribution < -0.4 is 14.8 Å². The molecule has 1 N–H and O–H groups in total. The Morgan fingerprint density at radius 1 is 1.03 bits per heavy atom. The lowest BCUT2D eigenvalue weighted by molar-refractivity contribution is -0.112. The minimum atomic E-state index is -0.487. The smallest absolute Gasteiger partial charge is 0.266 e. The van der Waals surface area contributed by atoms with Gasteiger partial charge >= 0.3 is 0 Å². The Bertz CT molecular complexity index is 1100. The molecule has 0 unspecified atom stereocenters. The van der Waals surface area contributed by atoms with Gasteiger partial charge in [-0.05, 0) is 83.6 Å². The predicted molar refractivity (Wildman–Crippen MR) is 130 cm³/mol. The number of rotatable bonds is 8. The summed E-state index contributed by atoms with van der Waals surface area (Å²) in [6.45, 7) is 2.86. The lowest BCUT2D eigenvalue weighted by Crippen LogP contribution is -2.13. The van der Waals surface area contributed by atoms with E-state index < -0.39 is 5.91 Å². The summed E-state index contributed by atoms with van der Waals surface area (Å²) in [7, 11) is 0. The maximum absolute atomic E-state index is 12.6. The lowest BCUT2D eigenvalue weighted by atomic mass is 10.1. The molecule has 3 aromatic carbocycles. The van der Waals surface area contributed by atoms with Crippen LogP contribution in [0.25, 0.3) is 6.08 Å². The lowest BCUT2D eigenvalue weighted by Gasteiger charge is -2.10. The first-order valence-corrected chi connectivity index (χ1v) is 10.8. The molecule has 0 saturated carbocycles. The van der Waals surface area contributed by atoms with Crippen molar-refractivity contribution in [3.63, 3.8) is 0 Å². The van der Waals surface area contributed by atoms with Crippen molar-refractivity contribution in [3.05, 3.63) is 93.1 Å². The Labute approximate surface area is 195 Å². The molecule has 0 aliphatic heterocycles. The quantitative estimate of drug-likeness (QED) is 0.229. The number of para-hydroxylation sites is 1. The number of nitrogens with zero attached hydrogens (tertiary/aromatic N) is 1. The van der Waals surface area contributed by atoms with Gasteiger partial charge in [0.05, 0.1) is 6.61 Å². The third-order valence-electron chi connectivity index (χ3n) is 4.31. The molecule has 0 radical (unpaired) electrons. The molecule has 0 fully saturated rings. The summed E-state index contributed by atoms with van der Waals surface area (Å²) in [6, 6.07) is 24.3. The van der Waals surface area contributed by atoms with E-state index in [1.807, 2.05) is 61.5 Å². The van der Waals surface area contributed by atoms with Gasteiger partial charge in [-0.2, -0.15) is 5.26 Å². The average Bonchev–Trinajstić information content (AvgIpc) is 2.79. The van der Waals surface area contributed by atoms with Crippen molar-refractivity contribution in [2.45, 2.75) is 13.5 Å². The maximum atomic E-state index is 12.6. The first-order chi connectivity index (χ1) is 15.1. The third-order valence-corrected chi connectivity index (χ3v) is 5.03. The maximum Gasteiger partial charge on any atom is 0.266 e. The zero-order valence-electron chi connectivity index (χ0n) is 17.0. The second kappa shape index (κ2) is 11.2. The van der Waals surface area contributed by atoms with E-state index in [0.29, 0.717) is 30.2 Å². The van der Waals surface area contributed by atoms with Crippen LogP contribution in [0.15, 0.2) is 78.4 Å². The largest absolute Gasteiger partial charge is 0.494 e. The van der Waals surface area contributed by atoms with Crippen LogP contribution in [0, 0.1) is 14.9 Å². The number of nitrogens with one attached hydrogen (secondary N) is 1. The van der Waals surface area contributed by atoms with Crippen molar-refractivity contribution < 1.29 is 14.3 Å². The van der Waals surface area contributed by atoms with Gasteiger partial charge in [-0.3, -0.25) is 4.79 Å². The van der Waals surface area contributed by atoms with Gasteiger partial charge in [0.2, 0.25) is 0 Å². The Kier molecular flexibility index (Phi) is 8.07. The monoisotopic (exact) mass is 524 g/mol. The number of halogens is 1. The summed E-state index contributed by atoms with van der Waals surface area (Å²) in [4.78, 5) is 12.6. The highest BCUT2D eigenvalue weighted by Gasteiger charge is 2.11. The number of ether oxygens (including phenoxy) is 2. The van der Waals surface area contributed by atoms with Crippen LogP contribution in [0.3, 0.4) is 0 Å². The normalized spacial score (nSPS) is 10.8. The summed E-state index contributed by atoms with van der Waals surface area (Å²) < 4.78 is 12.5. The Morgan fingerprint density at radius 3 is 2.42 bits per heavy atom. The minimum Gasteiger partial charge on any atom is -0.494 e. The highest BCUT2D eigenvalue weighted by Crippen LogP contribution is 2.23. The van der Waals surface area contributed by atoms with Crippen LogP contribution >= 0.6 is 22.6 Å². The molecule has 0 saturated heterocycles. The van der Waals surface area contributed by atoms with E-state index in [1.54, 1.807) is 24.3 Å². The summed E-state index contributed by atoms with van der Waals surface area (Å²) in [5.41, 5.74) is 2.26. The minimum absolute atomic E-state index is 0.0146. The third kappa shape index (κ3) is 6.59. The summed E-state index contributed by atoms with van der Waals surface area (Å²) >= 11 is 2.25. The first-order valence-electron chi connectivity index (χ1n) is 9.71. The van der Waals surface area contributed by atoms with Crippen LogP contribution in [0.4, 0.5) is 5.69 Å². The zero-order valence-corrected chi connectivity index (χ0v) is 19.1. The molecule has 0 aliphatic carbocycles. The average molecular weight is 524 g/mol. The number of anilines is 1. The molecule has 1 amide bonds. The highest BCUT2D eigenvalue weighted by molar-refractivity contribution is 14.1. The zero-order chi connectivity index (χ0) is 22.1. The fraction of sp³-hybridized carbons (Fsp3) is 0.120. The molecule has 156 valence electrons. The fourth-order valence-corrected chi connectivity index (χ4v) is 3.14. The van der Waals surface area contributed by atoms with Crippen LogP contribution in [0.2, 0.25) is 0 Å². The van der Waals surface area contributed by atoms with E-state index in [0.717, 1.165) is 14.9 Å². The molecule has 6 heteroatoms. The summed E-state index contributed by atoms with van der Waals surface area (Å²) in [6.07, 6.45) is 1.53. The van der Waals surface area contributed by atoms with Gasteiger partial charge in [0.1, 0.15) is 29.7 Å².